The molecule has 0 aromatic rings. The van der Waals surface area contributed by atoms with E-state index in [2.05, 4.69) is 11.3 Å². The Balaban J connectivity index is 4.02. The number of carbonyl (C=O) groups excluding carboxylic acids is 1. The molecule has 0 aliphatic heterocycles. The smallest absolute Gasteiger partial charge is 0.459 e. The van der Waals surface area contributed by atoms with Gasteiger partial charge < -0.3 is 4.74 Å². The van der Waals surface area contributed by atoms with Gasteiger partial charge in [0.25, 0.3) is 0 Å². The van der Waals surface area contributed by atoms with E-state index in [0.29, 0.717) is 0 Å². The maximum absolute atomic E-state index is 11.8. The van der Waals surface area contributed by atoms with Crippen molar-refractivity contribution < 1.29 is 27.7 Å². The lowest BCUT2D eigenvalue weighted by atomic mass is 10.3. The van der Waals surface area contributed by atoms with Crippen LogP contribution >= 0.6 is 7.82 Å². The Bertz CT molecular complexity index is 365. The minimum absolute atomic E-state index is 0.165. The van der Waals surface area contributed by atoms with Crippen LogP contribution in [0, 0.1) is 11.3 Å². The first kappa shape index (κ1) is 16.8. The Labute approximate surface area is 106 Å². The number of ether oxygens (including phenoxy) is 1. The molecule has 0 radical (unpaired) electrons. The highest BCUT2D eigenvalue weighted by Gasteiger charge is 2.25. The van der Waals surface area contributed by atoms with Crippen molar-refractivity contribution in [2.75, 3.05) is 26.4 Å². The van der Waals surface area contributed by atoms with E-state index in [1.54, 1.807) is 19.9 Å². The van der Waals surface area contributed by atoms with Crippen LogP contribution in [0.1, 0.15) is 13.8 Å². The summed E-state index contributed by atoms with van der Waals surface area (Å²) in [6, 6.07) is 1.55. The number of hydrogen-bond donors (Lipinski definition) is 0. The Kier molecular flexibility index (Phi) is 8.25. The zero-order valence-electron chi connectivity index (χ0n) is 10.4. The van der Waals surface area contributed by atoms with E-state index >= 15 is 0 Å². The Morgan fingerprint density at radius 2 is 1.78 bits per heavy atom. The summed E-state index contributed by atoms with van der Waals surface area (Å²) in [6.45, 7) is 6.46. The van der Waals surface area contributed by atoms with Crippen LogP contribution in [-0.2, 0) is 27.7 Å². The SMILES string of the molecule is C=C(C#N)C(=O)OCCOP(=O)(OCC)OCC. The molecule has 0 atom stereocenters. The number of rotatable bonds is 9. The number of nitriles is 1. The summed E-state index contributed by atoms with van der Waals surface area (Å²) >= 11 is 0. The van der Waals surface area contributed by atoms with Gasteiger partial charge in [-0.05, 0) is 13.8 Å². The highest BCUT2D eigenvalue weighted by Crippen LogP contribution is 2.48. The lowest BCUT2D eigenvalue weighted by Gasteiger charge is -2.16. The molecule has 0 heterocycles. The third-order valence-corrected chi connectivity index (χ3v) is 3.17. The van der Waals surface area contributed by atoms with Gasteiger partial charge in [-0.1, -0.05) is 6.58 Å². The average molecular weight is 277 g/mol. The van der Waals surface area contributed by atoms with Gasteiger partial charge in [0.2, 0.25) is 0 Å². The zero-order valence-corrected chi connectivity index (χ0v) is 11.3. The Morgan fingerprint density at radius 3 is 2.22 bits per heavy atom. The van der Waals surface area contributed by atoms with E-state index < -0.39 is 13.8 Å². The van der Waals surface area contributed by atoms with Crippen LogP contribution in [-0.4, -0.2) is 32.4 Å². The summed E-state index contributed by atoms with van der Waals surface area (Å²) < 4.78 is 31.0. The molecule has 0 aliphatic carbocycles. The molecule has 0 bridgehead atoms. The number of phosphoric ester groups is 1. The van der Waals surface area contributed by atoms with Crippen molar-refractivity contribution in [1.82, 2.24) is 0 Å². The van der Waals surface area contributed by atoms with Crippen molar-refractivity contribution >= 4 is 13.8 Å². The fraction of sp³-hybridized carbons (Fsp3) is 0.600. The van der Waals surface area contributed by atoms with Crippen molar-refractivity contribution in [1.29, 1.82) is 5.26 Å². The number of phosphoric acid groups is 1. The van der Waals surface area contributed by atoms with Gasteiger partial charge in [-0.15, -0.1) is 0 Å². The van der Waals surface area contributed by atoms with Gasteiger partial charge in [-0.3, -0.25) is 13.6 Å². The molecule has 0 fully saturated rings. The molecule has 0 aromatic heterocycles. The molecular formula is C10H16NO6P. The molecule has 18 heavy (non-hydrogen) atoms. The van der Waals surface area contributed by atoms with E-state index in [0.717, 1.165) is 0 Å². The van der Waals surface area contributed by atoms with E-state index in [4.69, 9.17) is 18.8 Å². The second-order valence-corrected chi connectivity index (χ2v) is 4.51. The highest BCUT2D eigenvalue weighted by atomic mass is 31.2. The largest absolute Gasteiger partial charge is 0.474 e. The summed E-state index contributed by atoms with van der Waals surface area (Å²) in [4.78, 5) is 11.0. The standard InChI is InChI=1S/C10H16NO6P/c1-4-15-18(13,16-5-2)17-7-6-14-10(12)9(3)8-11/h3-7H2,1-2H3. The monoisotopic (exact) mass is 277 g/mol. The summed E-state index contributed by atoms with van der Waals surface area (Å²) in [5.41, 5.74) is -0.312. The molecule has 0 spiro atoms. The molecule has 0 N–H and O–H groups in total. The molecular weight excluding hydrogens is 261 g/mol. The van der Waals surface area contributed by atoms with Crippen molar-refractivity contribution in [3.05, 3.63) is 12.2 Å². The predicted molar refractivity (Wildman–Crippen MR) is 62.5 cm³/mol. The lowest BCUT2D eigenvalue weighted by Crippen LogP contribution is -2.12. The number of esters is 1. The van der Waals surface area contributed by atoms with Gasteiger partial charge in [-0.25, -0.2) is 9.36 Å². The fourth-order valence-corrected chi connectivity index (χ4v) is 2.00. The number of carbonyl (C=O) groups is 1. The first-order valence-corrected chi connectivity index (χ1v) is 6.75. The molecule has 7 nitrogen and oxygen atoms in total. The second kappa shape index (κ2) is 8.84. The Morgan fingerprint density at radius 1 is 1.22 bits per heavy atom. The molecule has 0 aromatic carbocycles. The van der Waals surface area contributed by atoms with Crippen molar-refractivity contribution in [2.45, 2.75) is 13.8 Å². The molecule has 0 saturated heterocycles. The van der Waals surface area contributed by atoms with Crippen LogP contribution < -0.4 is 0 Å². The first-order chi connectivity index (χ1) is 8.49. The van der Waals surface area contributed by atoms with Crippen molar-refractivity contribution in [3.8, 4) is 6.07 Å². The molecule has 0 rings (SSSR count). The van der Waals surface area contributed by atoms with Crippen LogP contribution in [0.4, 0.5) is 0 Å². The van der Waals surface area contributed by atoms with Crippen molar-refractivity contribution in [2.24, 2.45) is 0 Å². The minimum atomic E-state index is -3.59. The summed E-state index contributed by atoms with van der Waals surface area (Å²) in [5.74, 6) is -0.844. The molecule has 8 heteroatoms. The quantitative estimate of drug-likeness (QED) is 0.208. The average Bonchev–Trinajstić information content (AvgIpc) is 2.34. The molecule has 102 valence electrons. The summed E-state index contributed by atoms with van der Waals surface area (Å²) in [7, 11) is -3.59. The Hall–Kier alpha value is -1.19. The maximum atomic E-state index is 11.8. The van der Waals surface area contributed by atoms with Crippen LogP contribution in [0.5, 0.6) is 0 Å². The summed E-state index contributed by atoms with van der Waals surface area (Å²) in [6.07, 6.45) is 0. The van der Waals surface area contributed by atoms with E-state index in [-0.39, 0.29) is 32.0 Å². The maximum Gasteiger partial charge on any atom is 0.474 e. The van der Waals surface area contributed by atoms with Gasteiger partial charge >= 0.3 is 13.8 Å². The lowest BCUT2D eigenvalue weighted by molar-refractivity contribution is -0.139. The minimum Gasteiger partial charge on any atom is -0.459 e. The van der Waals surface area contributed by atoms with Gasteiger partial charge in [0.05, 0.1) is 19.8 Å². The first-order valence-electron chi connectivity index (χ1n) is 5.28. The van der Waals surface area contributed by atoms with Crippen molar-refractivity contribution in [3.63, 3.8) is 0 Å². The third-order valence-electron chi connectivity index (χ3n) is 1.52. The molecule has 0 saturated carbocycles. The second-order valence-electron chi connectivity index (χ2n) is 2.84. The summed E-state index contributed by atoms with van der Waals surface area (Å²) in [5, 5.41) is 8.36. The number of nitrogens with zero attached hydrogens (tertiary/aromatic N) is 1. The number of hydrogen-bond acceptors (Lipinski definition) is 7. The highest BCUT2D eigenvalue weighted by molar-refractivity contribution is 7.48. The van der Waals surface area contributed by atoms with E-state index in [1.165, 1.54) is 0 Å². The fourth-order valence-electron chi connectivity index (χ4n) is 0.844. The van der Waals surface area contributed by atoms with Crippen LogP contribution in [0.2, 0.25) is 0 Å². The van der Waals surface area contributed by atoms with Crippen LogP contribution in [0.15, 0.2) is 12.2 Å². The third kappa shape index (κ3) is 6.52. The topological polar surface area (TPSA) is 94.9 Å². The van der Waals surface area contributed by atoms with Gasteiger partial charge in [0.15, 0.2) is 0 Å². The van der Waals surface area contributed by atoms with E-state index in [1.807, 2.05) is 0 Å². The van der Waals surface area contributed by atoms with E-state index in [9.17, 15) is 9.36 Å². The molecule has 0 aliphatic rings. The van der Waals surface area contributed by atoms with Gasteiger partial charge in [0.1, 0.15) is 18.2 Å². The molecule has 0 unspecified atom stereocenters. The van der Waals surface area contributed by atoms with Crippen LogP contribution in [0.25, 0.3) is 0 Å². The zero-order chi connectivity index (χ0) is 14.0. The molecule has 0 amide bonds. The van der Waals surface area contributed by atoms with Gasteiger partial charge in [-0.2, -0.15) is 5.26 Å². The normalized spacial score (nSPS) is 10.7. The van der Waals surface area contributed by atoms with Crippen LogP contribution in [0.3, 0.4) is 0 Å². The van der Waals surface area contributed by atoms with Gasteiger partial charge in [0, 0.05) is 0 Å². The predicted octanol–water partition coefficient (Wildman–Crippen LogP) is 1.81.